The number of benzene rings is 1. The quantitative estimate of drug-likeness (QED) is 0.849. The number of piperidine rings is 1. The second-order valence-electron chi connectivity index (χ2n) is 7.53. The van der Waals surface area contributed by atoms with E-state index in [1.54, 1.807) is 12.0 Å². The van der Waals surface area contributed by atoms with Gasteiger partial charge in [-0.25, -0.2) is 0 Å². The molecule has 2 fully saturated rings. The van der Waals surface area contributed by atoms with Crippen LogP contribution in [0.4, 0.5) is 5.69 Å². The van der Waals surface area contributed by atoms with E-state index >= 15 is 0 Å². The number of aryl methyl sites for hydroxylation is 1. The maximum Gasteiger partial charge on any atom is 0.228 e. The van der Waals surface area contributed by atoms with Gasteiger partial charge >= 0.3 is 0 Å². The number of anilines is 1. The highest BCUT2D eigenvalue weighted by molar-refractivity contribution is 6.01. The Morgan fingerprint density at radius 1 is 1.33 bits per heavy atom. The third-order valence-electron chi connectivity index (χ3n) is 5.54. The number of ether oxygens (including phenoxy) is 1. The number of hydrogen-bond donors (Lipinski definition) is 1. The summed E-state index contributed by atoms with van der Waals surface area (Å²) in [6.45, 7) is 5.08. The Hall–Kier alpha value is -1.79. The van der Waals surface area contributed by atoms with E-state index in [0.717, 1.165) is 37.1 Å². The van der Waals surface area contributed by atoms with Gasteiger partial charge in [0.25, 0.3) is 0 Å². The van der Waals surface area contributed by atoms with E-state index in [9.17, 15) is 9.59 Å². The van der Waals surface area contributed by atoms with Crippen LogP contribution >= 0.6 is 12.4 Å². The lowest BCUT2D eigenvalue weighted by Crippen LogP contribution is -2.53. The van der Waals surface area contributed by atoms with Crippen LogP contribution in [-0.4, -0.2) is 49.0 Å². The summed E-state index contributed by atoms with van der Waals surface area (Å²) in [4.78, 5) is 29.4. The van der Waals surface area contributed by atoms with Gasteiger partial charge in [-0.05, 0) is 50.8 Å². The average Bonchev–Trinajstić information content (AvgIpc) is 3.02. The number of carbonyl (C=O) groups is 2. The van der Waals surface area contributed by atoms with Crippen molar-refractivity contribution in [2.24, 2.45) is 11.7 Å². The maximum absolute atomic E-state index is 13.1. The lowest BCUT2D eigenvalue weighted by atomic mass is 9.94. The average molecular weight is 396 g/mol. The molecule has 2 heterocycles. The second-order valence-corrected chi connectivity index (χ2v) is 7.53. The van der Waals surface area contributed by atoms with Gasteiger partial charge in [-0.3, -0.25) is 9.59 Å². The van der Waals surface area contributed by atoms with E-state index in [1.807, 2.05) is 36.9 Å². The Morgan fingerprint density at radius 3 is 2.74 bits per heavy atom. The van der Waals surface area contributed by atoms with Crippen molar-refractivity contribution < 1.29 is 14.3 Å². The molecule has 3 unspecified atom stereocenters. The van der Waals surface area contributed by atoms with E-state index in [1.165, 1.54) is 0 Å². The van der Waals surface area contributed by atoms with Gasteiger partial charge in [0.2, 0.25) is 11.8 Å². The molecule has 3 atom stereocenters. The van der Waals surface area contributed by atoms with Crippen molar-refractivity contribution >= 4 is 29.9 Å². The summed E-state index contributed by atoms with van der Waals surface area (Å²) in [5.41, 5.74) is 7.90. The molecule has 2 aliphatic heterocycles. The zero-order chi connectivity index (χ0) is 18.8. The molecular formula is C20H30ClN3O3. The van der Waals surface area contributed by atoms with Crippen LogP contribution in [0, 0.1) is 12.8 Å². The first-order chi connectivity index (χ1) is 12.4. The Bertz CT molecular complexity index is 695. The largest absolute Gasteiger partial charge is 0.495 e. The van der Waals surface area contributed by atoms with Crippen LogP contribution in [0.3, 0.4) is 0 Å². The molecule has 0 aliphatic carbocycles. The zero-order valence-corrected chi connectivity index (χ0v) is 17.1. The van der Waals surface area contributed by atoms with Crippen molar-refractivity contribution in [1.29, 1.82) is 0 Å². The molecule has 2 saturated heterocycles. The molecule has 2 N–H and O–H groups in total. The molecule has 2 aliphatic rings. The number of rotatable bonds is 4. The van der Waals surface area contributed by atoms with Crippen molar-refractivity contribution in [2.45, 2.75) is 51.6 Å². The molecule has 0 radical (unpaired) electrons. The Morgan fingerprint density at radius 2 is 2.07 bits per heavy atom. The number of methoxy groups -OCH3 is 1. The summed E-state index contributed by atoms with van der Waals surface area (Å²) in [6, 6.07) is 5.78. The van der Waals surface area contributed by atoms with Crippen LogP contribution < -0.4 is 15.4 Å². The van der Waals surface area contributed by atoms with Crippen LogP contribution in [0.1, 0.15) is 38.2 Å². The lowest BCUT2D eigenvalue weighted by Gasteiger charge is -2.39. The van der Waals surface area contributed by atoms with Crippen molar-refractivity contribution in [2.75, 3.05) is 25.1 Å². The standard InChI is InChI=1S/C20H29N3O3.ClH/c1-13-7-8-18(26-3)17(10-13)23-12-15(11-19(23)24)20(25)22-9-5-4-6-16(22)14(2)21;/h7-8,10,14-16H,4-6,9,11-12,21H2,1-3H3;1H. The SMILES string of the molecule is COc1ccc(C)cc1N1CC(C(=O)N2CCCCC2C(C)N)CC1=O.Cl. The number of nitrogens with two attached hydrogens (primary N) is 1. The van der Waals surface area contributed by atoms with Crippen molar-refractivity contribution in [3.05, 3.63) is 23.8 Å². The molecule has 0 spiro atoms. The third kappa shape index (κ3) is 4.38. The monoisotopic (exact) mass is 395 g/mol. The zero-order valence-electron chi connectivity index (χ0n) is 16.3. The first-order valence-corrected chi connectivity index (χ1v) is 9.43. The highest BCUT2D eigenvalue weighted by Crippen LogP contribution is 2.35. The van der Waals surface area contributed by atoms with E-state index < -0.39 is 0 Å². The molecule has 1 aromatic rings. The first kappa shape index (κ1) is 21.5. The summed E-state index contributed by atoms with van der Waals surface area (Å²) in [6.07, 6.45) is 3.30. The van der Waals surface area contributed by atoms with Gasteiger partial charge in [-0.15, -0.1) is 12.4 Å². The van der Waals surface area contributed by atoms with Crippen molar-refractivity contribution in [1.82, 2.24) is 4.90 Å². The number of amides is 2. The molecule has 0 saturated carbocycles. The smallest absolute Gasteiger partial charge is 0.228 e. The van der Waals surface area contributed by atoms with E-state index in [4.69, 9.17) is 10.5 Å². The molecular weight excluding hydrogens is 366 g/mol. The molecule has 7 heteroatoms. The van der Waals surface area contributed by atoms with Gasteiger partial charge in [0.15, 0.2) is 0 Å². The van der Waals surface area contributed by atoms with Crippen LogP contribution in [-0.2, 0) is 9.59 Å². The fourth-order valence-electron chi connectivity index (χ4n) is 4.13. The van der Waals surface area contributed by atoms with E-state index in [2.05, 4.69) is 0 Å². The third-order valence-corrected chi connectivity index (χ3v) is 5.54. The molecule has 150 valence electrons. The Labute approximate surface area is 167 Å². The van der Waals surface area contributed by atoms with Crippen LogP contribution in [0.5, 0.6) is 5.75 Å². The second kappa shape index (κ2) is 8.93. The first-order valence-electron chi connectivity index (χ1n) is 9.43. The fraction of sp³-hybridized carbons (Fsp3) is 0.600. The summed E-state index contributed by atoms with van der Waals surface area (Å²) < 4.78 is 5.42. The number of hydrogen-bond acceptors (Lipinski definition) is 4. The highest BCUT2D eigenvalue weighted by atomic mass is 35.5. The van der Waals surface area contributed by atoms with Crippen LogP contribution in [0.2, 0.25) is 0 Å². The molecule has 6 nitrogen and oxygen atoms in total. The molecule has 0 aromatic heterocycles. The van der Waals surface area contributed by atoms with E-state index in [-0.39, 0.29) is 48.6 Å². The normalized spacial score (nSPS) is 23.8. The molecule has 0 bridgehead atoms. The number of halogens is 1. The predicted octanol–water partition coefficient (Wildman–Crippen LogP) is 2.51. The molecule has 1 aromatic carbocycles. The van der Waals surface area contributed by atoms with Crippen LogP contribution in [0.15, 0.2) is 18.2 Å². The number of likely N-dealkylation sites (tertiary alicyclic amines) is 1. The van der Waals surface area contributed by atoms with Crippen LogP contribution in [0.25, 0.3) is 0 Å². The van der Waals surface area contributed by atoms with Gasteiger partial charge in [-0.1, -0.05) is 6.07 Å². The van der Waals surface area contributed by atoms with Crippen molar-refractivity contribution in [3.8, 4) is 5.75 Å². The highest BCUT2D eigenvalue weighted by Gasteiger charge is 2.40. The van der Waals surface area contributed by atoms with Gasteiger partial charge in [-0.2, -0.15) is 0 Å². The lowest BCUT2D eigenvalue weighted by molar-refractivity contribution is -0.139. The molecule has 27 heavy (non-hydrogen) atoms. The van der Waals surface area contributed by atoms with Gasteiger partial charge < -0.3 is 20.3 Å². The maximum atomic E-state index is 13.1. The number of nitrogens with zero attached hydrogens (tertiary/aromatic N) is 2. The summed E-state index contributed by atoms with van der Waals surface area (Å²) in [5, 5.41) is 0. The number of carbonyl (C=O) groups excluding carboxylic acids is 2. The van der Waals surface area contributed by atoms with Gasteiger partial charge in [0, 0.05) is 31.6 Å². The molecule has 2 amide bonds. The Kier molecular flexibility index (Phi) is 7.12. The fourth-order valence-corrected chi connectivity index (χ4v) is 4.13. The van der Waals surface area contributed by atoms with Gasteiger partial charge in [0.05, 0.1) is 18.7 Å². The summed E-state index contributed by atoms with van der Waals surface area (Å²) in [5.74, 6) is 0.381. The topological polar surface area (TPSA) is 75.9 Å². The van der Waals surface area contributed by atoms with Crippen molar-refractivity contribution in [3.63, 3.8) is 0 Å². The Balaban J connectivity index is 0.00000261. The minimum Gasteiger partial charge on any atom is -0.495 e. The predicted molar refractivity (Wildman–Crippen MR) is 108 cm³/mol. The minimum absolute atomic E-state index is 0. The summed E-state index contributed by atoms with van der Waals surface area (Å²) >= 11 is 0. The molecule has 3 rings (SSSR count). The van der Waals surface area contributed by atoms with E-state index in [0.29, 0.717) is 12.3 Å². The minimum atomic E-state index is -0.313. The summed E-state index contributed by atoms with van der Waals surface area (Å²) in [7, 11) is 1.60. The van der Waals surface area contributed by atoms with Gasteiger partial charge in [0.1, 0.15) is 5.75 Å².